The van der Waals surface area contributed by atoms with Gasteiger partial charge in [-0.3, -0.25) is 0 Å². The van der Waals surface area contributed by atoms with E-state index < -0.39 is 0 Å². The fraction of sp³-hybridized carbons (Fsp3) is 0.636. The molecule has 0 aromatic rings. The first-order valence-electron chi connectivity index (χ1n) is 4.59. The Hall–Kier alpha value is -0.740. The fourth-order valence-corrected chi connectivity index (χ4v) is 1.01. The van der Waals surface area contributed by atoms with Crippen LogP contribution in [0.5, 0.6) is 0 Å². The molecule has 0 rings (SSSR count). The van der Waals surface area contributed by atoms with Crippen molar-refractivity contribution >= 4 is 0 Å². The van der Waals surface area contributed by atoms with Crippen LogP contribution in [0, 0.1) is 11.8 Å². The molecule has 68 valence electrons. The number of nitrogens with one attached hydrogen (secondary N) is 1. The van der Waals surface area contributed by atoms with E-state index in [4.69, 9.17) is 0 Å². The summed E-state index contributed by atoms with van der Waals surface area (Å²) in [5.41, 5.74) is 0. The molecule has 12 heavy (non-hydrogen) atoms. The molecule has 0 aliphatic rings. The highest BCUT2D eigenvalue weighted by Crippen LogP contribution is 1.97. The summed E-state index contributed by atoms with van der Waals surface area (Å²) in [5.74, 6) is 5.99. The van der Waals surface area contributed by atoms with E-state index in [1.54, 1.807) is 0 Å². The summed E-state index contributed by atoms with van der Waals surface area (Å²) in [4.78, 5) is 0. The van der Waals surface area contributed by atoms with Crippen LogP contribution in [0.1, 0.15) is 33.1 Å². The topological polar surface area (TPSA) is 12.0 Å². The Morgan fingerprint density at radius 2 is 2.33 bits per heavy atom. The van der Waals surface area contributed by atoms with Crippen molar-refractivity contribution in [1.29, 1.82) is 0 Å². The van der Waals surface area contributed by atoms with Gasteiger partial charge in [-0.2, -0.15) is 0 Å². The van der Waals surface area contributed by atoms with E-state index in [0.717, 1.165) is 19.4 Å². The maximum atomic E-state index is 3.73. The van der Waals surface area contributed by atoms with Crippen molar-refractivity contribution in [3.8, 4) is 11.8 Å². The van der Waals surface area contributed by atoms with Gasteiger partial charge in [-0.1, -0.05) is 13.0 Å². The van der Waals surface area contributed by atoms with Crippen LogP contribution in [0.2, 0.25) is 0 Å². The van der Waals surface area contributed by atoms with Gasteiger partial charge >= 0.3 is 0 Å². The molecule has 0 bridgehead atoms. The van der Waals surface area contributed by atoms with Crippen LogP contribution in [-0.4, -0.2) is 12.6 Å². The molecule has 0 spiro atoms. The van der Waals surface area contributed by atoms with E-state index in [1.165, 1.54) is 6.42 Å². The lowest BCUT2D eigenvalue weighted by molar-refractivity contribution is 0.524. The van der Waals surface area contributed by atoms with Crippen molar-refractivity contribution in [3.63, 3.8) is 0 Å². The third-order valence-corrected chi connectivity index (χ3v) is 1.66. The SMILES string of the molecule is C=CCC(CC#CC)NCCC. The van der Waals surface area contributed by atoms with Crippen LogP contribution in [0.25, 0.3) is 0 Å². The Labute approximate surface area is 76.2 Å². The van der Waals surface area contributed by atoms with E-state index in [-0.39, 0.29) is 0 Å². The average Bonchev–Trinajstić information content (AvgIpc) is 2.10. The zero-order valence-electron chi connectivity index (χ0n) is 8.19. The zero-order chi connectivity index (χ0) is 9.23. The Morgan fingerprint density at radius 3 is 2.83 bits per heavy atom. The van der Waals surface area contributed by atoms with Gasteiger partial charge in [-0.15, -0.1) is 18.4 Å². The highest BCUT2D eigenvalue weighted by atomic mass is 14.9. The second-order valence-electron chi connectivity index (χ2n) is 2.81. The molecule has 1 unspecified atom stereocenters. The molecule has 0 aromatic heterocycles. The Bertz CT molecular complexity index is 162. The quantitative estimate of drug-likeness (QED) is 0.470. The minimum Gasteiger partial charge on any atom is -0.313 e. The molecule has 0 fully saturated rings. The van der Waals surface area contributed by atoms with Gasteiger partial charge in [0, 0.05) is 12.5 Å². The molecule has 0 aliphatic carbocycles. The van der Waals surface area contributed by atoms with Crippen LogP contribution in [0.4, 0.5) is 0 Å². The first-order valence-corrected chi connectivity index (χ1v) is 4.59. The molecule has 1 atom stereocenters. The van der Waals surface area contributed by atoms with Gasteiger partial charge in [-0.05, 0) is 26.3 Å². The molecular weight excluding hydrogens is 146 g/mol. The molecule has 0 heterocycles. The highest BCUT2D eigenvalue weighted by molar-refractivity contribution is 4.99. The Kier molecular flexibility index (Phi) is 7.84. The van der Waals surface area contributed by atoms with Crippen molar-refractivity contribution in [2.45, 2.75) is 39.2 Å². The van der Waals surface area contributed by atoms with Crippen LogP contribution in [-0.2, 0) is 0 Å². The first-order chi connectivity index (χ1) is 5.85. The standard InChI is InChI=1S/C11H19N/c1-4-7-9-11(8-5-2)12-10-6-3/h5,11-12H,2,6,8-10H2,1,3H3. The van der Waals surface area contributed by atoms with Gasteiger partial charge in [0.05, 0.1) is 0 Å². The van der Waals surface area contributed by atoms with Crippen molar-refractivity contribution in [2.24, 2.45) is 0 Å². The molecule has 1 nitrogen and oxygen atoms in total. The molecule has 0 amide bonds. The summed E-state index contributed by atoms with van der Waals surface area (Å²) in [6, 6.07) is 0.495. The monoisotopic (exact) mass is 165 g/mol. The average molecular weight is 165 g/mol. The molecule has 0 radical (unpaired) electrons. The molecule has 1 heteroatoms. The van der Waals surface area contributed by atoms with Crippen LogP contribution in [0.15, 0.2) is 12.7 Å². The predicted molar refractivity (Wildman–Crippen MR) is 55.0 cm³/mol. The number of hydrogen-bond donors (Lipinski definition) is 1. The Balaban J connectivity index is 3.65. The van der Waals surface area contributed by atoms with Crippen LogP contribution >= 0.6 is 0 Å². The third-order valence-electron chi connectivity index (χ3n) is 1.66. The molecule has 1 N–H and O–H groups in total. The minimum atomic E-state index is 0.495. The molecule has 0 saturated carbocycles. The van der Waals surface area contributed by atoms with E-state index in [2.05, 4.69) is 30.7 Å². The van der Waals surface area contributed by atoms with Gasteiger partial charge in [0.15, 0.2) is 0 Å². The zero-order valence-corrected chi connectivity index (χ0v) is 8.19. The summed E-state index contributed by atoms with van der Waals surface area (Å²) in [6.45, 7) is 8.85. The minimum absolute atomic E-state index is 0.495. The van der Waals surface area contributed by atoms with Gasteiger partial charge in [0.2, 0.25) is 0 Å². The molecule has 0 aliphatic heterocycles. The lowest BCUT2D eigenvalue weighted by Crippen LogP contribution is -2.28. The number of rotatable bonds is 6. The van der Waals surface area contributed by atoms with Gasteiger partial charge in [-0.25, -0.2) is 0 Å². The van der Waals surface area contributed by atoms with E-state index in [1.807, 2.05) is 13.0 Å². The first kappa shape index (κ1) is 11.3. The largest absolute Gasteiger partial charge is 0.313 e. The molecule has 0 saturated heterocycles. The van der Waals surface area contributed by atoms with Crippen LogP contribution in [0.3, 0.4) is 0 Å². The van der Waals surface area contributed by atoms with Crippen molar-refractivity contribution in [3.05, 3.63) is 12.7 Å². The maximum Gasteiger partial charge on any atom is 0.0246 e. The second kappa shape index (κ2) is 8.36. The molecular formula is C11H19N. The van der Waals surface area contributed by atoms with E-state index >= 15 is 0 Å². The molecule has 0 aromatic carbocycles. The van der Waals surface area contributed by atoms with Crippen molar-refractivity contribution in [2.75, 3.05) is 6.54 Å². The second-order valence-corrected chi connectivity index (χ2v) is 2.81. The third kappa shape index (κ3) is 6.00. The highest BCUT2D eigenvalue weighted by Gasteiger charge is 2.01. The van der Waals surface area contributed by atoms with E-state index in [9.17, 15) is 0 Å². The Morgan fingerprint density at radius 1 is 1.58 bits per heavy atom. The van der Waals surface area contributed by atoms with E-state index in [0.29, 0.717) is 6.04 Å². The summed E-state index contributed by atoms with van der Waals surface area (Å²) < 4.78 is 0. The van der Waals surface area contributed by atoms with Gasteiger partial charge in [0.25, 0.3) is 0 Å². The maximum absolute atomic E-state index is 3.73. The van der Waals surface area contributed by atoms with Gasteiger partial charge < -0.3 is 5.32 Å². The number of hydrogen-bond acceptors (Lipinski definition) is 1. The van der Waals surface area contributed by atoms with Crippen molar-refractivity contribution < 1.29 is 0 Å². The van der Waals surface area contributed by atoms with Crippen LogP contribution < -0.4 is 5.32 Å². The lowest BCUT2D eigenvalue weighted by atomic mass is 10.1. The predicted octanol–water partition coefficient (Wildman–Crippen LogP) is 2.34. The van der Waals surface area contributed by atoms with Crippen molar-refractivity contribution in [1.82, 2.24) is 5.32 Å². The summed E-state index contributed by atoms with van der Waals surface area (Å²) in [5, 5.41) is 3.43. The summed E-state index contributed by atoms with van der Waals surface area (Å²) in [7, 11) is 0. The smallest absolute Gasteiger partial charge is 0.0246 e. The lowest BCUT2D eigenvalue weighted by Gasteiger charge is -2.12. The summed E-state index contributed by atoms with van der Waals surface area (Å²) >= 11 is 0. The normalized spacial score (nSPS) is 11.5. The summed E-state index contributed by atoms with van der Waals surface area (Å²) in [6.07, 6.45) is 5.06. The van der Waals surface area contributed by atoms with Gasteiger partial charge in [0.1, 0.15) is 0 Å². The fourth-order valence-electron chi connectivity index (χ4n) is 1.01.